The molecule has 1 aromatic rings. The van der Waals surface area contributed by atoms with E-state index in [2.05, 4.69) is 5.32 Å². The molecule has 1 amide bonds. The summed E-state index contributed by atoms with van der Waals surface area (Å²) in [5, 5.41) is 21.4. The van der Waals surface area contributed by atoms with E-state index in [-0.39, 0.29) is 34.6 Å². The molecule has 2 rings (SSSR count). The molecule has 1 aromatic carbocycles. The summed E-state index contributed by atoms with van der Waals surface area (Å²) >= 11 is 0. The summed E-state index contributed by atoms with van der Waals surface area (Å²) in [5.41, 5.74) is 0.0551. The number of sulfone groups is 1. The standard InChI is InChI=1S/C16H19N3O4S/c1-2-19(13-7-8-24(22,23)11-13)10-12(9-17)16(21)18-14-5-3-4-6-15(14)20/h3-6,10,13,20H,2,7-8,11H2,1H3,(H,18,21)/b12-10-. The van der Waals surface area contributed by atoms with Crippen LogP contribution in [0.25, 0.3) is 0 Å². The first kappa shape index (κ1) is 17.8. The topological polar surface area (TPSA) is 110 Å². The maximum atomic E-state index is 12.2. The molecule has 1 heterocycles. The lowest BCUT2D eigenvalue weighted by Crippen LogP contribution is -2.32. The number of phenols is 1. The zero-order valence-corrected chi connectivity index (χ0v) is 14.1. The molecular weight excluding hydrogens is 330 g/mol. The average Bonchev–Trinajstić information content (AvgIpc) is 2.90. The number of hydrogen-bond acceptors (Lipinski definition) is 6. The van der Waals surface area contributed by atoms with Crippen LogP contribution in [0.3, 0.4) is 0 Å². The minimum absolute atomic E-state index is 0.0249. The Morgan fingerprint density at radius 1 is 1.50 bits per heavy atom. The Morgan fingerprint density at radius 3 is 2.75 bits per heavy atom. The highest BCUT2D eigenvalue weighted by Crippen LogP contribution is 2.23. The van der Waals surface area contributed by atoms with Gasteiger partial charge < -0.3 is 15.3 Å². The third-order valence-corrected chi connectivity index (χ3v) is 5.61. The Morgan fingerprint density at radius 2 is 2.21 bits per heavy atom. The molecule has 1 aliphatic rings. The zero-order valence-electron chi connectivity index (χ0n) is 13.3. The van der Waals surface area contributed by atoms with Crippen molar-refractivity contribution in [3.05, 3.63) is 36.0 Å². The van der Waals surface area contributed by atoms with Crippen molar-refractivity contribution in [2.75, 3.05) is 23.4 Å². The Hall–Kier alpha value is -2.53. The van der Waals surface area contributed by atoms with Crippen LogP contribution in [-0.4, -0.2) is 48.4 Å². The second-order valence-corrected chi connectivity index (χ2v) is 7.74. The van der Waals surface area contributed by atoms with Crippen molar-refractivity contribution in [2.24, 2.45) is 0 Å². The molecule has 0 aromatic heterocycles. The van der Waals surface area contributed by atoms with Gasteiger partial charge in [-0.05, 0) is 25.5 Å². The lowest BCUT2D eigenvalue weighted by molar-refractivity contribution is -0.112. The third-order valence-electron chi connectivity index (χ3n) is 3.85. The molecule has 1 atom stereocenters. The van der Waals surface area contributed by atoms with E-state index < -0.39 is 15.7 Å². The van der Waals surface area contributed by atoms with Crippen LogP contribution in [-0.2, 0) is 14.6 Å². The van der Waals surface area contributed by atoms with Crippen LogP contribution >= 0.6 is 0 Å². The summed E-state index contributed by atoms with van der Waals surface area (Å²) in [6.45, 7) is 2.31. The minimum atomic E-state index is -3.05. The van der Waals surface area contributed by atoms with Crippen molar-refractivity contribution in [1.82, 2.24) is 4.90 Å². The van der Waals surface area contributed by atoms with Gasteiger partial charge in [0.05, 0.1) is 17.2 Å². The van der Waals surface area contributed by atoms with E-state index in [0.717, 1.165) is 0 Å². The minimum Gasteiger partial charge on any atom is -0.506 e. The maximum Gasteiger partial charge on any atom is 0.267 e. The summed E-state index contributed by atoms with van der Waals surface area (Å²) in [6, 6.07) is 7.79. The van der Waals surface area contributed by atoms with Crippen molar-refractivity contribution in [3.8, 4) is 11.8 Å². The van der Waals surface area contributed by atoms with E-state index in [0.29, 0.717) is 13.0 Å². The average molecular weight is 349 g/mol. The highest BCUT2D eigenvalue weighted by molar-refractivity contribution is 7.91. The number of nitrogens with one attached hydrogen (secondary N) is 1. The molecular formula is C16H19N3O4S. The predicted octanol–water partition coefficient (Wildman–Crippen LogP) is 1.25. The van der Waals surface area contributed by atoms with Gasteiger partial charge in [-0.2, -0.15) is 5.26 Å². The molecule has 0 spiro atoms. The van der Waals surface area contributed by atoms with Gasteiger partial charge in [-0.25, -0.2) is 8.42 Å². The highest BCUT2D eigenvalue weighted by Gasteiger charge is 2.31. The number of phenolic OH excluding ortho intramolecular Hbond substituents is 1. The van der Waals surface area contributed by atoms with Crippen molar-refractivity contribution >= 4 is 21.4 Å². The van der Waals surface area contributed by atoms with E-state index in [1.54, 1.807) is 17.0 Å². The quantitative estimate of drug-likeness (QED) is 0.470. The van der Waals surface area contributed by atoms with Crippen LogP contribution < -0.4 is 5.32 Å². The Kier molecular flexibility index (Phi) is 5.46. The van der Waals surface area contributed by atoms with Crippen molar-refractivity contribution in [1.29, 1.82) is 5.26 Å². The molecule has 0 aliphatic carbocycles. The number of nitrogens with zero attached hydrogens (tertiary/aromatic N) is 2. The first-order chi connectivity index (χ1) is 11.4. The Labute approximate surface area is 141 Å². The molecule has 0 radical (unpaired) electrons. The lowest BCUT2D eigenvalue weighted by atomic mass is 10.2. The van der Waals surface area contributed by atoms with Gasteiger partial charge in [0.2, 0.25) is 0 Å². The lowest BCUT2D eigenvalue weighted by Gasteiger charge is -2.25. The molecule has 0 saturated carbocycles. The van der Waals surface area contributed by atoms with E-state index in [4.69, 9.17) is 0 Å². The van der Waals surface area contributed by atoms with Crippen molar-refractivity contribution in [3.63, 3.8) is 0 Å². The van der Waals surface area contributed by atoms with Gasteiger partial charge in [-0.15, -0.1) is 0 Å². The second-order valence-electron chi connectivity index (χ2n) is 5.51. The van der Waals surface area contributed by atoms with Gasteiger partial charge in [-0.3, -0.25) is 4.79 Å². The van der Waals surface area contributed by atoms with E-state index in [9.17, 15) is 23.6 Å². The van der Waals surface area contributed by atoms with E-state index in [1.807, 2.05) is 13.0 Å². The van der Waals surface area contributed by atoms with Crippen molar-refractivity contribution < 1.29 is 18.3 Å². The molecule has 2 N–H and O–H groups in total. The molecule has 1 unspecified atom stereocenters. The normalized spacial score (nSPS) is 19.5. The van der Waals surface area contributed by atoms with Crippen LogP contribution in [0.5, 0.6) is 5.75 Å². The number of hydrogen-bond donors (Lipinski definition) is 2. The van der Waals surface area contributed by atoms with Crippen LogP contribution in [0.4, 0.5) is 5.69 Å². The largest absolute Gasteiger partial charge is 0.506 e. The van der Waals surface area contributed by atoms with Gasteiger partial charge in [0.25, 0.3) is 5.91 Å². The summed E-state index contributed by atoms with van der Waals surface area (Å²) in [4.78, 5) is 13.9. The summed E-state index contributed by atoms with van der Waals surface area (Å²) in [5.74, 6) is -0.610. The zero-order chi connectivity index (χ0) is 17.7. The SMILES string of the molecule is CCN(/C=C(/C#N)C(=O)Nc1ccccc1O)C1CCS(=O)(=O)C1. The Balaban J connectivity index is 2.16. The second kappa shape index (κ2) is 7.36. The van der Waals surface area contributed by atoms with E-state index >= 15 is 0 Å². The number of carbonyl (C=O) groups excluding carboxylic acids is 1. The maximum absolute atomic E-state index is 12.2. The fraction of sp³-hybridized carbons (Fsp3) is 0.375. The van der Waals surface area contributed by atoms with Crippen LogP contribution in [0.15, 0.2) is 36.0 Å². The molecule has 1 aliphatic heterocycles. The predicted molar refractivity (Wildman–Crippen MR) is 89.9 cm³/mol. The fourth-order valence-electron chi connectivity index (χ4n) is 2.56. The van der Waals surface area contributed by atoms with Gasteiger partial charge >= 0.3 is 0 Å². The third kappa shape index (κ3) is 4.26. The molecule has 24 heavy (non-hydrogen) atoms. The summed E-state index contributed by atoms with van der Waals surface area (Å²) in [6.07, 6.45) is 1.87. The monoisotopic (exact) mass is 349 g/mol. The van der Waals surface area contributed by atoms with Crippen molar-refractivity contribution in [2.45, 2.75) is 19.4 Å². The fourth-order valence-corrected chi connectivity index (χ4v) is 4.31. The van der Waals surface area contributed by atoms with Gasteiger partial charge in [0.15, 0.2) is 9.84 Å². The number of aromatic hydroxyl groups is 1. The number of benzene rings is 1. The summed E-state index contributed by atoms with van der Waals surface area (Å²) in [7, 11) is -3.05. The number of carbonyl (C=O) groups is 1. The van der Waals surface area contributed by atoms with Gasteiger partial charge in [-0.1, -0.05) is 12.1 Å². The molecule has 1 saturated heterocycles. The molecule has 1 fully saturated rings. The van der Waals surface area contributed by atoms with Gasteiger partial charge in [0.1, 0.15) is 17.4 Å². The molecule has 0 bridgehead atoms. The first-order valence-corrected chi connectivity index (χ1v) is 9.36. The summed E-state index contributed by atoms with van der Waals surface area (Å²) < 4.78 is 23.2. The number of amides is 1. The molecule has 7 nitrogen and oxygen atoms in total. The number of para-hydroxylation sites is 2. The number of rotatable bonds is 5. The smallest absolute Gasteiger partial charge is 0.267 e. The first-order valence-electron chi connectivity index (χ1n) is 7.53. The Bertz CT molecular complexity index is 796. The number of anilines is 1. The van der Waals surface area contributed by atoms with Crippen LogP contribution in [0.1, 0.15) is 13.3 Å². The highest BCUT2D eigenvalue weighted by atomic mass is 32.2. The van der Waals surface area contributed by atoms with Crippen LogP contribution in [0, 0.1) is 11.3 Å². The van der Waals surface area contributed by atoms with Crippen LogP contribution in [0.2, 0.25) is 0 Å². The number of nitriles is 1. The molecule has 128 valence electrons. The molecule has 8 heteroatoms. The van der Waals surface area contributed by atoms with E-state index in [1.165, 1.54) is 18.3 Å². The van der Waals surface area contributed by atoms with Gasteiger partial charge in [0, 0.05) is 18.8 Å².